The van der Waals surface area contributed by atoms with Crippen LogP contribution < -0.4 is 10.4 Å². The lowest BCUT2D eigenvalue weighted by atomic mass is 9.77. The van der Waals surface area contributed by atoms with Gasteiger partial charge in [0.2, 0.25) is 0 Å². The molecule has 0 radical (unpaired) electrons. The molecule has 4 aliphatic rings. The number of para-hydroxylation sites is 3. The molecule has 61 heavy (non-hydrogen) atoms. The second kappa shape index (κ2) is 13.8. The highest BCUT2D eigenvalue weighted by atomic mass is 28.3. The molecule has 3 heteroatoms. The van der Waals surface area contributed by atoms with Gasteiger partial charge >= 0.3 is 0 Å². The molecule has 0 saturated heterocycles. The maximum absolute atomic E-state index is 2.68. The highest BCUT2D eigenvalue weighted by molar-refractivity contribution is 7.05. The van der Waals surface area contributed by atoms with E-state index in [1.54, 1.807) is 0 Å². The van der Waals surface area contributed by atoms with Gasteiger partial charge in [0, 0.05) is 32.9 Å². The predicted octanol–water partition coefficient (Wildman–Crippen LogP) is 13.5. The van der Waals surface area contributed by atoms with E-state index >= 15 is 0 Å². The van der Waals surface area contributed by atoms with Crippen molar-refractivity contribution >= 4 is 62.3 Å². The lowest BCUT2D eigenvalue weighted by molar-refractivity contribution is 0.695. The zero-order chi connectivity index (χ0) is 40.9. The van der Waals surface area contributed by atoms with Crippen LogP contribution in [0.3, 0.4) is 0 Å². The number of aryl methyl sites for hydroxylation is 1. The van der Waals surface area contributed by atoms with Crippen LogP contribution in [0.25, 0.3) is 55.2 Å². The monoisotopic (exact) mass is 802 g/mol. The lowest BCUT2D eigenvalue weighted by Gasteiger charge is -2.46. The Hall–Kier alpha value is -6.42. The Morgan fingerprint density at radius 1 is 0.557 bits per heavy atom. The number of benzene rings is 6. The van der Waals surface area contributed by atoms with Gasteiger partial charge in [0.05, 0.1) is 22.2 Å². The van der Waals surface area contributed by atoms with Gasteiger partial charge in [-0.15, -0.1) is 0 Å². The predicted molar refractivity (Wildman–Crippen MR) is 262 cm³/mol. The van der Waals surface area contributed by atoms with Gasteiger partial charge in [-0.2, -0.15) is 0 Å². The Morgan fingerprint density at radius 2 is 1.21 bits per heavy atom. The summed E-state index contributed by atoms with van der Waals surface area (Å²) in [4.78, 5) is 0. The highest BCUT2D eigenvalue weighted by Crippen LogP contribution is 2.57. The van der Waals surface area contributed by atoms with Gasteiger partial charge in [-0.25, -0.2) is 0 Å². The molecule has 0 spiro atoms. The fourth-order valence-electron chi connectivity index (χ4n) is 12.4. The first-order valence-corrected chi connectivity index (χ1v) is 24.5. The Morgan fingerprint density at radius 3 is 2.00 bits per heavy atom. The quantitative estimate of drug-likeness (QED) is 0.148. The molecule has 2 aromatic heterocycles. The van der Waals surface area contributed by atoms with E-state index in [1.807, 2.05) is 0 Å². The van der Waals surface area contributed by atoms with Crippen LogP contribution in [0.1, 0.15) is 56.0 Å². The van der Waals surface area contributed by atoms with Crippen molar-refractivity contribution in [3.63, 3.8) is 0 Å². The van der Waals surface area contributed by atoms with Gasteiger partial charge in [-0.3, -0.25) is 0 Å². The molecule has 4 unspecified atom stereocenters. The van der Waals surface area contributed by atoms with E-state index in [9.17, 15) is 0 Å². The van der Waals surface area contributed by atoms with Crippen molar-refractivity contribution in [3.05, 3.63) is 217 Å². The summed E-state index contributed by atoms with van der Waals surface area (Å²) >= 11 is 0. The second-order valence-electron chi connectivity index (χ2n) is 18.3. The van der Waals surface area contributed by atoms with Gasteiger partial charge in [0.15, 0.2) is 0 Å². The average Bonchev–Trinajstić information content (AvgIpc) is 3.91. The van der Waals surface area contributed by atoms with Gasteiger partial charge in [-0.05, 0) is 107 Å². The fourth-order valence-corrected chi connectivity index (χ4v) is 18.6. The summed E-state index contributed by atoms with van der Waals surface area (Å²) in [6.07, 6.45) is 22.3. The molecule has 4 aliphatic carbocycles. The van der Waals surface area contributed by atoms with Crippen LogP contribution in [0.15, 0.2) is 194 Å². The molecule has 2 nitrogen and oxygen atoms in total. The zero-order valence-electron chi connectivity index (χ0n) is 35.2. The van der Waals surface area contributed by atoms with Crippen molar-refractivity contribution in [2.75, 3.05) is 0 Å². The number of nitrogens with zero attached hydrogens (tertiary/aromatic N) is 2. The van der Waals surface area contributed by atoms with Gasteiger partial charge in [-0.1, -0.05) is 183 Å². The van der Waals surface area contributed by atoms with Crippen LogP contribution in [0.4, 0.5) is 0 Å². The molecule has 0 amide bonds. The largest absolute Gasteiger partial charge is 0.309 e. The normalized spacial score (nSPS) is 20.9. The van der Waals surface area contributed by atoms with Crippen molar-refractivity contribution < 1.29 is 0 Å². The van der Waals surface area contributed by atoms with Crippen LogP contribution in [0.5, 0.6) is 0 Å². The zero-order valence-corrected chi connectivity index (χ0v) is 36.2. The van der Waals surface area contributed by atoms with E-state index in [2.05, 4.69) is 224 Å². The molecular formula is C58H50N2Si. The van der Waals surface area contributed by atoms with Crippen LogP contribution in [-0.4, -0.2) is 17.2 Å². The summed E-state index contributed by atoms with van der Waals surface area (Å²) in [5.41, 5.74) is 15.8. The summed E-state index contributed by atoms with van der Waals surface area (Å²) < 4.78 is 5.12. The summed E-state index contributed by atoms with van der Waals surface area (Å²) in [6, 6.07) is 55.8. The first-order valence-electron chi connectivity index (χ1n) is 22.3. The maximum atomic E-state index is 2.62. The standard InChI is InChI=1S/C58H50N2Si/c1-39-18-10-17-29-55(39)61(42-21-8-5-9-22-42,44-34-35-48-46-24-12-15-27-52(46)59(54(48)38-44)40-19-6-4-7-20-40)43-32-30-41(31-33-43)60-53-28-16-13-25-47(53)50-37-36-49-45-23-11-14-26-51(45)58(2,3)56(49)57(50)60/h4-21,23-35,38-39,42,55H,22,36-37H2,1-3H3. The summed E-state index contributed by atoms with van der Waals surface area (Å²) in [5.74, 6) is 0.392. The Kier molecular flexibility index (Phi) is 8.24. The van der Waals surface area contributed by atoms with E-state index < -0.39 is 8.07 Å². The fraction of sp³-hybridized carbons (Fsp3) is 0.172. The lowest BCUT2D eigenvalue weighted by Crippen LogP contribution is -2.65. The number of allylic oxidation sites excluding steroid dienone is 10. The topological polar surface area (TPSA) is 9.86 Å². The number of rotatable bonds is 6. The molecule has 12 rings (SSSR count). The van der Waals surface area contributed by atoms with Gasteiger partial charge in [0.25, 0.3) is 0 Å². The molecule has 8 aromatic rings. The van der Waals surface area contributed by atoms with Crippen molar-refractivity contribution in [1.82, 2.24) is 9.13 Å². The van der Waals surface area contributed by atoms with Crippen molar-refractivity contribution in [3.8, 4) is 11.4 Å². The Labute approximate surface area is 360 Å². The van der Waals surface area contributed by atoms with Crippen LogP contribution in [-0.2, 0) is 11.8 Å². The minimum atomic E-state index is -2.68. The molecule has 296 valence electrons. The third-order valence-corrected chi connectivity index (χ3v) is 20.9. The van der Waals surface area contributed by atoms with Gasteiger partial charge < -0.3 is 9.13 Å². The minimum Gasteiger partial charge on any atom is -0.309 e. The van der Waals surface area contributed by atoms with Crippen molar-refractivity contribution in [2.24, 2.45) is 5.92 Å². The highest BCUT2D eigenvalue weighted by Gasteiger charge is 2.51. The number of fused-ring (bicyclic) bond motifs is 9. The Balaban J connectivity index is 1.10. The number of aromatic nitrogens is 2. The molecular weight excluding hydrogens is 753 g/mol. The molecule has 2 heterocycles. The first kappa shape index (κ1) is 36.4. The maximum Gasteiger partial charge on any atom is 0.132 e. The number of hydrogen-bond acceptors (Lipinski definition) is 0. The molecule has 4 atom stereocenters. The smallest absolute Gasteiger partial charge is 0.132 e. The van der Waals surface area contributed by atoms with Crippen LogP contribution in [0, 0.1) is 5.92 Å². The molecule has 0 N–H and O–H groups in total. The molecule has 0 fully saturated rings. The van der Waals surface area contributed by atoms with Crippen molar-refractivity contribution in [2.45, 2.75) is 56.5 Å². The molecule has 0 aliphatic heterocycles. The summed E-state index contributed by atoms with van der Waals surface area (Å²) in [5, 5.41) is 6.99. The SMILES string of the molecule is CC1C=CC=CC1[Si](c1ccc(-n2c3c(c4ccccc42)CCC2=C3C(C)(C)c3ccccc32)cc1)(c1ccc2c3ccccc3n(-c3ccccc3)c2c1)C1C=CC=CC1. The van der Waals surface area contributed by atoms with E-state index in [-0.39, 0.29) is 5.41 Å². The molecule has 6 aromatic carbocycles. The minimum absolute atomic E-state index is 0.0894. The number of hydrogen-bond donors (Lipinski definition) is 0. The van der Waals surface area contributed by atoms with Crippen LogP contribution in [0.2, 0.25) is 11.1 Å². The Bertz CT molecular complexity index is 3220. The van der Waals surface area contributed by atoms with E-state index in [4.69, 9.17) is 0 Å². The van der Waals surface area contributed by atoms with E-state index in [1.165, 1.54) is 88.0 Å². The third-order valence-electron chi connectivity index (χ3n) is 15.0. The summed E-state index contributed by atoms with van der Waals surface area (Å²) in [7, 11) is -2.68. The first-order chi connectivity index (χ1) is 30.0. The third kappa shape index (κ3) is 5.20. The van der Waals surface area contributed by atoms with Crippen molar-refractivity contribution in [1.29, 1.82) is 0 Å². The molecule has 0 saturated carbocycles. The average molecular weight is 803 g/mol. The van der Waals surface area contributed by atoms with E-state index in [0.29, 0.717) is 17.0 Å². The van der Waals surface area contributed by atoms with E-state index in [0.717, 1.165) is 19.3 Å². The molecule has 0 bridgehead atoms. The van der Waals surface area contributed by atoms with Gasteiger partial charge in [0.1, 0.15) is 8.07 Å². The second-order valence-corrected chi connectivity index (χ2v) is 22.7. The van der Waals surface area contributed by atoms with Crippen LogP contribution >= 0.6 is 0 Å². The summed E-state index contributed by atoms with van der Waals surface area (Å²) in [6.45, 7) is 7.34.